The van der Waals surface area contributed by atoms with Crippen LogP contribution in [0.5, 0.6) is 0 Å². The fraction of sp³-hybridized carbons (Fsp3) is 0.100. The van der Waals surface area contributed by atoms with E-state index in [1.165, 1.54) is 0 Å². The molecule has 0 radical (unpaired) electrons. The smallest absolute Gasteiger partial charge is 0.236 e. The Morgan fingerprint density at radius 3 is 2.89 bits per heavy atom. The standard InChI is InChI=1S/C10H10Cl2N6/c1-17-16-8(9-14-15-10(13)18(9)17)5-3-2-4-6(11)7(5)12/h2-4,14,16H,1H3,(H2,13,15). The van der Waals surface area contributed by atoms with Gasteiger partial charge in [0.2, 0.25) is 5.96 Å². The summed E-state index contributed by atoms with van der Waals surface area (Å²) in [6.07, 6.45) is 0. The Kier molecular flexibility index (Phi) is 2.51. The van der Waals surface area contributed by atoms with Gasteiger partial charge in [0.25, 0.3) is 0 Å². The normalized spacial score (nSPS) is 18.6. The van der Waals surface area contributed by atoms with Gasteiger partial charge in [-0.2, -0.15) is 0 Å². The minimum Gasteiger partial charge on any atom is -0.367 e. The van der Waals surface area contributed by atoms with E-state index in [1.807, 2.05) is 19.2 Å². The summed E-state index contributed by atoms with van der Waals surface area (Å²) in [5.41, 5.74) is 13.3. The molecular formula is C10H10Cl2N6. The summed E-state index contributed by atoms with van der Waals surface area (Å²) < 4.78 is 0. The van der Waals surface area contributed by atoms with Crippen LogP contribution in [0.15, 0.2) is 29.1 Å². The highest BCUT2D eigenvalue weighted by Gasteiger charge is 2.35. The van der Waals surface area contributed by atoms with Crippen LogP contribution in [0.4, 0.5) is 0 Å². The first kappa shape index (κ1) is 11.5. The van der Waals surface area contributed by atoms with Crippen LogP contribution in [0.25, 0.3) is 5.70 Å². The molecule has 1 aromatic carbocycles. The van der Waals surface area contributed by atoms with Gasteiger partial charge in [0.15, 0.2) is 5.82 Å². The Hall–Kier alpha value is -1.63. The molecule has 0 aliphatic carbocycles. The fourth-order valence-electron chi connectivity index (χ4n) is 1.93. The third-order valence-electron chi connectivity index (χ3n) is 2.74. The minimum atomic E-state index is 0.355. The first-order valence-corrected chi connectivity index (χ1v) is 5.93. The minimum absolute atomic E-state index is 0.355. The third kappa shape index (κ3) is 1.50. The van der Waals surface area contributed by atoms with Gasteiger partial charge in [-0.15, -0.1) is 10.2 Å². The van der Waals surface area contributed by atoms with E-state index in [9.17, 15) is 0 Å². The van der Waals surface area contributed by atoms with E-state index in [0.717, 1.165) is 17.1 Å². The van der Waals surface area contributed by atoms with Crippen molar-refractivity contribution in [2.24, 2.45) is 10.8 Å². The van der Waals surface area contributed by atoms with Gasteiger partial charge in [0.1, 0.15) is 5.70 Å². The fourth-order valence-corrected chi connectivity index (χ4v) is 2.33. The van der Waals surface area contributed by atoms with Crippen molar-refractivity contribution in [3.05, 3.63) is 39.6 Å². The number of nitrogens with one attached hydrogen (secondary N) is 2. The number of rotatable bonds is 1. The number of fused-ring (bicyclic) bond motifs is 1. The van der Waals surface area contributed by atoms with E-state index in [1.54, 1.807) is 16.2 Å². The molecule has 0 fully saturated rings. The van der Waals surface area contributed by atoms with Crippen LogP contribution in [-0.4, -0.2) is 23.1 Å². The van der Waals surface area contributed by atoms with Crippen molar-refractivity contribution in [2.45, 2.75) is 0 Å². The average Bonchev–Trinajstić information content (AvgIpc) is 2.86. The third-order valence-corrected chi connectivity index (χ3v) is 3.56. The Balaban J connectivity index is 2.11. The SMILES string of the molecule is CN1NC(c2cccc(Cl)c2Cl)=C2NN=C(N)N21. The van der Waals surface area contributed by atoms with Crippen molar-refractivity contribution in [1.82, 2.24) is 21.0 Å². The second kappa shape index (κ2) is 3.94. The summed E-state index contributed by atoms with van der Waals surface area (Å²) in [6, 6.07) is 5.44. The summed E-state index contributed by atoms with van der Waals surface area (Å²) in [6.45, 7) is 0. The van der Waals surface area contributed by atoms with Crippen LogP contribution in [0.2, 0.25) is 10.0 Å². The van der Waals surface area contributed by atoms with Crippen molar-refractivity contribution in [3.8, 4) is 0 Å². The number of halogens is 2. The Morgan fingerprint density at radius 1 is 1.33 bits per heavy atom. The molecule has 0 atom stereocenters. The maximum absolute atomic E-state index is 6.21. The van der Waals surface area contributed by atoms with Crippen molar-refractivity contribution >= 4 is 34.9 Å². The molecule has 1 aromatic rings. The molecule has 8 heteroatoms. The second-order valence-electron chi connectivity index (χ2n) is 3.85. The highest BCUT2D eigenvalue weighted by molar-refractivity contribution is 6.43. The number of hydrazine groups is 2. The van der Waals surface area contributed by atoms with Gasteiger partial charge in [0, 0.05) is 12.6 Å². The molecule has 0 saturated carbocycles. The first-order chi connectivity index (χ1) is 8.59. The van der Waals surface area contributed by atoms with Gasteiger partial charge in [-0.1, -0.05) is 35.3 Å². The number of nitrogens with zero attached hydrogens (tertiary/aromatic N) is 3. The summed E-state index contributed by atoms with van der Waals surface area (Å²) in [5.74, 6) is 1.08. The van der Waals surface area contributed by atoms with Crippen molar-refractivity contribution in [2.75, 3.05) is 7.05 Å². The van der Waals surface area contributed by atoms with Crippen molar-refractivity contribution in [3.63, 3.8) is 0 Å². The first-order valence-electron chi connectivity index (χ1n) is 5.18. The predicted octanol–water partition coefficient (Wildman–Crippen LogP) is 1.12. The lowest BCUT2D eigenvalue weighted by atomic mass is 10.1. The molecule has 0 bridgehead atoms. The van der Waals surface area contributed by atoms with Gasteiger partial charge < -0.3 is 5.73 Å². The quantitative estimate of drug-likeness (QED) is 0.721. The molecule has 0 saturated heterocycles. The number of benzene rings is 1. The second-order valence-corrected chi connectivity index (χ2v) is 4.64. The number of nitrogens with two attached hydrogens (primary N) is 1. The van der Waals surface area contributed by atoms with Crippen molar-refractivity contribution in [1.29, 1.82) is 0 Å². The molecule has 0 unspecified atom stereocenters. The van der Waals surface area contributed by atoms with Crippen LogP contribution in [-0.2, 0) is 0 Å². The largest absolute Gasteiger partial charge is 0.367 e. The van der Waals surface area contributed by atoms with Gasteiger partial charge in [-0.25, -0.2) is 5.01 Å². The molecule has 18 heavy (non-hydrogen) atoms. The van der Waals surface area contributed by atoms with E-state index in [0.29, 0.717) is 16.0 Å². The van der Waals surface area contributed by atoms with Crippen LogP contribution in [0.1, 0.15) is 5.56 Å². The highest BCUT2D eigenvalue weighted by Crippen LogP contribution is 2.34. The number of hydrazone groups is 1. The van der Waals surface area contributed by atoms with Gasteiger partial charge >= 0.3 is 0 Å². The summed E-state index contributed by atoms with van der Waals surface area (Å²) >= 11 is 12.2. The molecule has 2 aliphatic rings. The Labute approximate surface area is 114 Å². The lowest BCUT2D eigenvalue weighted by Gasteiger charge is -2.20. The van der Waals surface area contributed by atoms with E-state index < -0.39 is 0 Å². The average molecular weight is 285 g/mol. The molecule has 0 spiro atoms. The monoisotopic (exact) mass is 284 g/mol. The molecule has 4 N–H and O–H groups in total. The molecule has 3 rings (SSSR count). The molecule has 0 aromatic heterocycles. The highest BCUT2D eigenvalue weighted by atomic mass is 35.5. The summed E-state index contributed by atoms with van der Waals surface area (Å²) in [4.78, 5) is 0. The zero-order valence-electron chi connectivity index (χ0n) is 9.41. The lowest BCUT2D eigenvalue weighted by molar-refractivity contribution is 0.102. The zero-order chi connectivity index (χ0) is 12.9. The topological polar surface area (TPSA) is 68.9 Å². The van der Waals surface area contributed by atoms with Crippen LogP contribution in [0.3, 0.4) is 0 Å². The van der Waals surface area contributed by atoms with E-state index in [-0.39, 0.29) is 0 Å². The van der Waals surface area contributed by atoms with E-state index in [4.69, 9.17) is 28.9 Å². The zero-order valence-corrected chi connectivity index (χ0v) is 10.9. The summed E-state index contributed by atoms with van der Waals surface area (Å²) in [7, 11) is 1.82. The summed E-state index contributed by atoms with van der Waals surface area (Å²) in [5, 5.41) is 8.34. The van der Waals surface area contributed by atoms with Gasteiger partial charge in [0.05, 0.1) is 10.0 Å². The van der Waals surface area contributed by atoms with Crippen LogP contribution in [0, 0.1) is 0 Å². The molecular weight excluding hydrogens is 275 g/mol. The van der Waals surface area contributed by atoms with Crippen LogP contribution >= 0.6 is 23.2 Å². The van der Waals surface area contributed by atoms with Crippen LogP contribution < -0.4 is 16.6 Å². The number of hydrogen-bond donors (Lipinski definition) is 3. The lowest BCUT2D eigenvalue weighted by Crippen LogP contribution is -2.45. The van der Waals surface area contributed by atoms with E-state index >= 15 is 0 Å². The molecule has 94 valence electrons. The van der Waals surface area contributed by atoms with E-state index in [2.05, 4.69) is 16.0 Å². The van der Waals surface area contributed by atoms with Crippen molar-refractivity contribution < 1.29 is 0 Å². The molecule has 2 heterocycles. The molecule has 2 aliphatic heterocycles. The Bertz CT molecular complexity index is 582. The maximum Gasteiger partial charge on any atom is 0.236 e. The maximum atomic E-state index is 6.21. The number of guanidine groups is 1. The number of hydrogen-bond acceptors (Lipinski definition) is 6. The predicted molar refractivity (Wildman–Crippen MR) is 70.9 cm³/mol. The van der Waals surface area contributed by atoms with Gasteiger partial charge in [-0.05, 0) is 6.07 Å². The molecule has 6 nitrogen and oxygen atoms in total. The Morgan fingerprint density at radius 2 is 2.11 bits per heavy atom. The van der Waals surface area contributed by atoms with Gasteiger partial charge in [-0.3, -0.25) is 10.9 Å². The molecule has 0 amide bonds.